The van der Waals surface area contributed by atoms with Gasteiger partial charge in [-0.25, -0.2) is 24.9 Å². The summed E-state index contributed by atoms with van der Waals surface area (Å²) in [5.74, 6) is 3.57. The molecule has 0 radical (unpaired) electrons. The Morgan fingerprint density at radius 2 is 1.25 bits per heavy atom. The van der Waals surface area contributed by atoms with Crippen LogP contribution in [0.2, 0.25) is 0 Å². The van der Waals surface area contributed by atoms with Gasteiger partial charge in [0.1, 0.15) is 17.5 Å². The number of anilines is 4. The van der Waals surface area contributed by atoms with E-state index >= 15 is 0 Å². The van der Waals surface area contributed by atoms with E-state index in [1.54, 1.807) is 47.2 Å². The average Bonchev–Trinajstić information content (AvgIpc) is 3.85. The SMILES string of the molecule is Cc1cnc(N[C@H]2CC[C@H](Nc3ccc(-n4cccc(CSc5ccc(N[C@H]6CC[C@H](Nc7ccc(-n8ncccc8=O)cn7)C6)nc5)c4=O)cn3)C2)nc1. The molecule has 8 rings (SSSR count). The van der Waals surface area contributed by atoms with E-state index in [1.165, 1.54) is 10.7 Å². The third-order valence-electron chi connectivity index (χ3n) is 9.93. The van der Waals surface area contributed by atoms with Crippen LogP contribution in [-0.2, 0) is 5.75 Å². The van der Waals surface area contributed by atoms with Crippen molar-refractivity contribution in [1.82, 2.24) is 39.3 Å². The summed E-state index contributed by atoms with van der Waals surface area (Å²) in [6, 6.07) is 19.6. The maximum Gasteiger partial charge on any atom is 0.271 e. The smallest absolute Gasteiger partial charge is 0.271 e. The molecule has 2 fully saturated rings. The van der Waals surface area contributed by atoms with Gasteiger partial charge in [-0.3, -0.25) is 14.2 Å². The molecule has 2 saturated carbocycles. The van der Waals surface area contributed by atoms with E-state index in [4.69, 9.17) is 0 Å². The summed E-state index contributed by atoms with van der Waals surface area (Å²) in [5, 5.41) is 18.2. The first kappa shape index (κ1) is 35.9. The van der Waals surface area contributed by atoms with Crippen molar-refractivity contribution in [2.75, 3.05) is 21.3 Å². The van der Waals surface area contributed by atoms with Gasteiger partial charge in [0, 0.05) is 77.4 Å². The molecule has 2 aliphatic carbocycles. The topological polar surface area (TPSA) is 169 Å². The Morgan fingerprint density at radius 3 is 1.84 bits per heavy atom. The van der Waals surface area contributed by atoms with Gasteiger partial charge in [0.15, 0.2) is 0 Å². The minimum Gasteiger partial charge on any atom is -0.367 e. The van der Waals surface area contributed by atoms with E-state index in [0.29, 0.717) is 35.0 Å². The monoisotopic (exact) mass is 754 g/mol. The highest BCUT2D eigenvalue weighted by atomic mass is 32.2. The van der Waals surface area contributed by atoms with Gasteiger partial charge in [-0.2, -0.15) is 9.78 Å². The van der Waals surface area contributed by atoms with Crippen LogP contribution in [0.5, 0.6) is 0 Å². The summed E-state index contributed by atoms with van der Waals surface area (Å²) in [4.78, 5) is 49.0. The van der Waals surface area contributed by atoms with E-state index in [1.807, 2.05) is 74.0 Å². The van der Waals surface area contributed by atoms with Crippen molar-refractivity contribution in [2.24, 2.45) is 0 Å². The van der Waals surface area contributed by atoms with Gasteiger partial charge < -0.3 is 21.3 Å². The molecule has 280 valence electrons. The first-order valence-electron chi connectivity index (χ1n) is 18.5. The lowest BCUT2D eigenvalue weighted by molar-refractivity contribution is 0.716. The number of hydrogen-bond acceptors (Lipinski definition) is 13. The van der Waals surface area contributed by atoms with Gasteiger partial charge in [-0.1, -0.05) is 6.07 Å². The molecular formula is C40H42N12O2S. The number of rotatable bonds is 13. The summed E-state index contributed by atoms with van der Waals surface area (Å²) in [6.07, 6.45) is 18.2. The largest absolute Gasteiger partial charge is 0.367 e. The van der Waals surface area contributed by atoms with Crippen LogP contribution in [0.3, 0.4) is 0 Å². The second-order valence-electron chi connectivity index (χ2n) is 14.0. The molecule has 0 saturated heterocycles. The zero-order valence-electron chi connectivity index (χ0n) is 30.4. The molecule has 14 nitrogen and oxygen atoms in total. The standard InChI is InChI=1S/C40H42N12O2S/c1-26-20-44-40(45-21-26)50-31-9-8-30(19-31)48-35-13-10-32(22-41-35)51-17-3-4-27(39(51)54)25-55-34-12-15-37(43-24-34)49-29-7-6-28(18-29)47-36-14-11-33(23-42-36)52-38(53)5-2-16-46-52/h2-5,10-17,20-24,28-31H,6-9,18-19,25H2,1H3,(H,41,48)(H,42,47)(H,43,49)(H,44,45,50)/t28-,29-,30-,31-/m0/s1. The summed E-state index contributed by atoms with van der Waals surface area (Å²) in [5.41, 5.74) is 2.83. The molecule has 4 atom stereocenters. The molecule has 4 N–H and O–H groups in total. The predicted molar refractivity (Wildman–Crippen MR) is 215 cm³/mol. The number of nitrogens with zero attached hydrogens (tertiary/aromatic N) is 8. The molecule has 0 aromatic carbocycles. The predicted octanol–water partition coefficient (Wildman–Crippen LogP) is 5.85. The zero-order chi connectivity index (χ0) is 37.6. The number of nitrogens with one attached hydrogen (secondary N) is 4. The fourth-order valence-electron chi connectivity index (χ4n) is 7.09. The highest BCUT2D eigenvalue weighted by Gasteiger charge is 2.26. The molecule has 2 aliphatic rings. The van der Waals surface area contributed by atoms with Crippen LogP contribution in [0.25, 0.3) is 11.4 Å². The molecule has 0 amide bonds. The van der Waals surface area contributed by atoms with Crippen molar-refractivity contribution in [3.63, 3.8) is 0 Å². The van der Waals surface area contributed by atoms with Crippen molar-refractivity contribution in [2.45, 2.75) is 80.3 Å². The fraction of sp³-hybridized carbons (Fsp3) is 0.300. The Labute approximate surface area is 322 Å². The molecule has 55 heavy (non-hydrogen) atoms. The summed E-state index contributed by atoms with van der Waals surface area (Å²) < 4.78 is 2.97. The minimum absolute atomic E-state index is 0.0639. The molecular weight excluding hydrogens is 713 g/mol. The van der Waals surface area contributed by atoms with Crippen molar-refractivity contribution >= 4 is 35.2 Å². The summed E-state index contributed by atoms with van der Waals surface area (Å²) >= 11 is 1.58. The van der Waals surface area contributed by atoms with Crippen LogP contribution in [-0.4, -0.2) is 63.4 Å². The van der Waals surface area contributed by atoms with Crippen LogP contribution in [0.4, 0.5) is 23.4 Å². The van der Waals surface area contributed by atoms with Gasteiger partial charge in [0.05, 0.1) is 23.8 Å². The van der Waals surface area contributed by atoms with Crippen molar-refractivity contribution in [3.05, 3.63) is 136 Å². The number of aryl methyl sites for hydroxylation is 1. The van der Waals surface area contributed by atoms with Crippen molar-refractivity contribution in [3.8, 4) is 11.4 Å². The average molecular weight is 755 g/mol. The molecule has 6 aromatic rings. The Kier molecular flexibility index (Phi) is 10.8. The quantitative estimate of drug-likeness (QED) is 0.104. The van der Waals surface area contributed by atoms with Crippen LogP contribution in [0, 0.1) is 6.92 Å². The minimum atomic E-state index is -0.196. The number of pyridine rings is 4. The van der Waals surface area contributed by atoms with Gasteiger partial charge in [0.2, 0.25) is 5.95 Å². The lowest BCUT2D eigenvalue weighted by atomic mass is 10.2. The van der Waals surface area contributed by atoms with Crippen LogP contribution < -0.4 is 32.4 Å². The lowest BCUT2D eigenvalue weighted by Gasteiger charge is -2.16. The van der Waals surface area contributed by atoms with Gasteiger partial charge in [-0.15, -0.1) is 11.8 Å². The summed E-state index contributed by atoms with van der Waals surface area (Å²) in [7, 11) is 0. The van der Waals surface area contributed by atoms with E-state index < -0.39 is 0 Å². The number of thioether (sulfide) groups is 1. The van der Waals surface area contributed by atoms with Crippen LogP contribution >= 0.6 is 11.8 Å². The number of aromatic nitrogens is 8. The Hall–Kier alpha value is -6.09. The van der Waals surface area contributed by atoms with E-state index in [-0.39, 0.29) is 23.2 Å². The lowest BCUT2D eigenvalue weighted by Crippen LogP contribution is -2.22. The molecule has 6 aromatic heterocycles. The second kappa shape index (κ2) is 16.5. The third-order valence-corrected chi connectivity index (χ3v) is 11.0. The third kappa shape index (κ3) is 9.00. The van der Waals surface area contributed by atoms with E-state index in [0.717, 1.165) is 72.1 Å². The normalized spacial score (nSPS) is 19.2. The highest BCUT2D eigenvalue weighted by molar-refractivity contribution is 7.98. The maximum absolute atomic E-state index is 13.5. The molecule has 15 heteroatoms. The van der Waals surface area contributed by atoms with E-state index in [2.05, 4.69) is 51.3 Å². The second-order valence-corrected chi connectivity index (χ2v) is 15.1. The Bertz CT molecular complexity index is 2320. The molecule has 0 unspecified atom stereocenters. The van der Waals surface area contributed by atoms with Crippen molar-refractivity contribution in [1.29, 1.82) is 0 Å². The molecule has 6 heterocycles. The van der Waals surface area contributed by atoms with Crippen molar-refractivity contribution < 1.29 is 0 Å². The fourth-order valence-corrected chi connectivity index (χ4v) is 7.92. The molecule has 0 aliphatic heterocycles. The maximum atomic E-state index is 13.5. The highest BCUT2D eigenvalue weighted by Crippen LogP contribution is 2.28. The molecule has 0 spiro atoms. The van der Waals surface area contributed by atoms with Gasteiger partial charge in [-0.05, 0) is 99.5 Å². The Balaban J connectivity index is 0.795. The summed E-state index contributed by atoms with van der Waals surface area (Å²) in [6.45, 7) is 1.98. The van der Waals surface area contributed by atoms with Gasteiger partial charge >= 0.3 is 0 Å². The van der Waals surface area contributed by atoms with Gasteiger partial charge in [0.25, 0.3) is 11.1 Å². The number of hydrogen-bond donors (Lipinski definition) is 4. The first-order valence-corrected chi connectivity index (χ1v) is 19.5. The van der Waals surface area contributed by atoms with Crippen LogP contribution in [0.1, 0.15) is 49.7 Å². The Morgan fingerprint density at radius 1 is 0.655 bits per heavy atom. The first-order chi connectivity index (χ1) is 26.9. The van der Waals surface area contributed by atoms with Crippen LogP contribution in [0.15, 0.2) is 119 Å². The molecule has 0 bridgehead atoms. The van der Waals surface area contributed by atoms with E-state index in [9.17, 15) is 9.59 Å². The zero-order valence-corrected chi connectivity index (χ0v) is 31.2.